The third-order valence-corrected chi connectivity index (χ3v) is 6.45. The molecule has 3 heteroatoms. The van der Waals surface area contributed by atoms with Gasteiger partial charge in [-0.05, 0) is 83.6 Å². The minimum atomic E-state index is 0.454. The van der Waals surface area contributed by atoms with Crippen LogP contribution < -0.4 is 5.32 Å². The third kappa shape index (κ3) is 3.08. The highest BCUT2D eigenvalue weighted by atomic mass is 79.9. The van der Waals surface area contributed by atoms with E-state index in [2.05, 4.69) is 46.4 Å². The van der Waals surface area contributed by atoms with Crippen LogP contribution in [0.3, 0.4) is 0 Å². The Kier molecular flexibility index (Phi) is 4.74. The number of halogens is 2. The molecular formula is C17H23BrClN. The molecule has 1 aromatic rings. The fourth-order valence-electron chi connectivity index (χ4n) is 4.28. The van der Waals surface area contributed by atoms with Gasteiger partial charge in [-0.25, -0.2) is 0 Å². The molecule has 1 N–H and O–H groups in total. The van der Waals surface area contributed by atoms with Crippen LogP contribution >= 0.6 is 27.5 Å². The van der Waals surface area contributed by atoms with Gasteiger partial charge in [0, 0.05) is 10.5 Å². The second-order valence-electron chi connectivity index (χ2n) is 6.45. The molecule has 2 bridgehead atoms. The van der Waals surface area contributed by atoms with Gasteiger partial charge in [0.1, 0.15) is 0 Å². The van der Waals surface area contributed by atoms with Crippen LogP contribution in [0.4, 0.5) is 0 Å². The molecule has 0 aliphatic heterocycles. The Labute approximate surface area is 135 Å². The second kappa shape index (κ2) is 6.37. The van der Waals surface area contributed by atoms with E-state index in [9.17, 15) is 0 Å². The summed E-state index contributed by atoms with van der Waals surface area (Å²) >= 11 is 9.74. The van der Waals surface area contributed by atoms with E-state index in [1.54, 1.807) is 0 Å². The largest absolute Gasteiger partial charge is 0.310 e. The van der Waals surface area contributed by atoms with Crippen LogP contribution in [0, 0.1) is 17.8 Å². The second-order valence-corrected chi connectivity index (χ2v) is 7.72. The Morgan fingerprint density at radius 3 is 2.80 bits per heavy atom. The summed E-state index contributed by atoms with van der Waals surface area (Å²) in [4.78, 5) is 0. The van der Waals surface area contributed by atoms with Gasteiger partial charge < -0.3 is 5.32 Å². The standard InChI is InChI=1S/C17H23BrClN/c1-2-20-17(13-5-6-15(18)16(19)9-13)10-14-8-11-3-4-12(14)7-11/h5-6,9,11-12,14,17,20H,2-4,7-8,10H2,1H3. The van der Waals surface area contributed by atoms with Gasteiger partial charge in [0.2, 0.25) is 0 Å². The van der Waals surface area contributed by atoms with Gasteiger partial charge in [0.25, 0.3) is 0 Å². The molecule has 4 unspecified atom stereocenters. The Balaban J connectivity index is 1.73. The summed E-state index contributed by atoms with van der Waals surface area (Å²) in [6, 6.07) is 6.85. The van der Waals surface area contributed by atoms with E-state index in [4.69, 9.17) is 11.6 Å². The quantitative estimate of drug-likeness (QED) is 0.726. The summed E-state index contributed by atoms with van der Waals surface area (Å²) in [5, 5.41) is 4.48. The first-order valence-electron chi connectivity index (χ1n) is 7.85. The summed E-state index contributed by atoms with van der Waals surface area (Å²) in [6.07, 6.45) is 7.17. The minimum absolute atomic E-state index is 0.454. The number of nitrogens with one attached hydrogen (secondary N) is 1. The van der Waals surface area contributed by atoms with Crippen molar-refractivity contribution in [3.63, 3.8) is 0 Å². The van der Waals surface area contributed by atoms with Crippen LogP contribution in [-0.2, 0) is 0 Å². The lowest BCUT2D eigenvalue weighted by Gasteiger charge is -2.27. The summed E-state index contributed by atoms with van der Waals surface area (Å²) in [5.74, 6) is 2.94. The molecular weight excluding hydrogens is 334 g/mol. The van der Waals surface area contributed by atoms with E-state index in [-0.39, 0.29) is 0 Å². The van der Waals surface area contributed by atoms with E-state index in [0.717, 1.165) is 33.8 Å². The fourth-order valence-corrected chi connectivity index (χ4v) is 4.72. The van der Waals surface area contributed by atoms with Crippen molar-refractivity contribution in [2.45, 2.75) is 45.1 Å². The lowest BCUT2D eigenvalue weighted by atomic mass is 9.83. The number of benzene rings is 1. The topological polar surface area (TPSA) is 12.0 Å². The van der Waals surface area contributed by atoms with Crippen molar-refractivity contribution >= 4 is 27.5 Å². The van der Waals surface area contributed by atoms with Gasteiger partial charge >= 0.3 is 0 Å². The van der Waals surface area contributed by atoms with Gasteiger partial charge in [0.05, 0.1) is 5.02 Å². The van der Waals surface area contributed by atoms with Crippen molar-refractivity contribution in [2.24, 2.45) is 17.8 Å². The summed E-state index contributed by atoms with van der Waals surface area (Å²) in [6.45, 7) is 3.20. The monoisotopic (exact) mass is 355 g/mol. The molecule has 0 spiro atoms. The van der Waals surface area contributed by atoms with Gasteiger partial charge in [-0.15, -0.1) is 0 Å². The highest BCUT2D eigenvalue weighted by molar-refractivity contribution is 9.10. The van der Waals surface area contributed by atoms with Crippen molar-refractivity contribution < 1.29 is 0 Å². The van der Waals surface area contributed by atoms with Crippen molar-refractivity contribution in [3.05, 3.63) is 33.3 Å². The van der Waals surface area contributed by atoms with Gasteiger partial charge in [-0.3, -0.25) is 0 Å². The molecule has 2 aliphatic carbocycles. The fraction of sp³-hybridized carbons (Fsp3) is 0.647. The van der Waals surface area contributed by atoms with Gasteiger partial charge in [0.15, 0.2) is 0 Å². The molecule has 0 amide bonds. The van der Waals surface area contributed by atoms with E-state index >= 15 is 0 Å². The summed E-state index contributed by atoms with van der Waals surface area (Å²) in [5.41, 5.74) is 1.34. The molecule has 110 valence electrons. The molecule has 3 rings (SSSR count). The first-order chi connectivity index (χ1) is 9.67. The van der Waals surface area contributed by atoms with Crippen LogP contribution in [0.5, 0.6) is 0 Å². The normalized spacial score (nSPS) is 29.9. The molecule has 0 radical (unpaired) electrons. The summed E-state index contributed by atoms with van der Waals surface area (Å²) in [7, 11) is 0. The average molecular weight is 357 g/mol. The zero-order chi connectivity index (χ0) is 14.1. The molecule has 2 fully saturated rings. The third-order valence-electron chi connectivity index (χ3n) is 5.22. The van der Waals surface area contributed by atoms with Crippen molar-refractivity contribution in [1.82, 2.24) is 5.32 Å². The Morgan fingerprint density at radius 2 is 2.20 bits per heavy atom. The molecule has 1 aromatic carbocycles. The molecule has 20 heavy (non-hydrogen) atoms. The molecule has 0 aromatic heterocycles. The minimum Gasteiger partial charge on any atom is -0.310 e. The molecule has 0 saturated heterocycles. The predicted octanol–water partition coefficient (Wildman–Crippen LogP) is 5.58. The van der Waals surface area contributed by atoms with Crippen LogP contribution in [0.15, 0.2) is 22.7 Å². The van der Waals surface area contributed by atoms with E-state index < -0.39 is 0 Å². The highest BCUT2D eigenvalue weighted by Crippen LogP contribution is 2.51. The molecule has 2 saturated carbocycles. The molecule has 0 heterocycles. The zero-order valence-electron chi connectivity index (χ0n) is 12.0. The Hall–Kier alpha value is -0.0500. The Morgan fingerprint density at radius 1 is 1.35 bits per heavy atom. The lowest BCUT2D eigenvalue weighted by molar-refractivity contribution is 0.280. The highest BCUT2D eigenvalue weighted by Gasteiger charge is 2.40. The van der Waals surface area contributed by atoms with E-state index in [1.165, 1.54) is 37.7 Å². The number of rotatable bonds is 5. The average Bonchev–Trinajstić information content (AvgIpc) is 3.04. The number of fused-ring (bicyclic) bond motifs is 2. The van der Waals surface area contributed by atoms with Crippen molar-refractivity contribution in [3.8, 4) is 0 Å². The maximum atomic E-state index is 6.26. The van der Waals surface area contributed by atoms with E-state index in [0.29, 0.717) is 6.04 Å². The van der Waals surface area contributed by atoms with Crippen LogP contribution in [0.2, 0.25) is 5.02 Å². The lowest BCUT2D eigenvalue weighted by Crippen LogP contribution is -2.25. The number of hydrogen-bond donors (Lipinski definition) is 1. The first-order valence-corrected chi connectivity index (χ1v) is 9.02. The van der Waals surface area contributed by atoms with Crippen molar-refractivity contribution in [1.29, 1.82) is 0 Å². The maximum absolute atomic E-state index is 6.26. The van der Waals surface area contributed by atoms with Crippen LogP contribution in [0.1, 0.15) is 50.6 Å². The summed E-state index contributed by atoms with van der Waals surface area (Å²) < 4.78 is 0.984. The zero-order valence-corrected chi connectivity index (χ0v) is 14.4. The smallest absolute Gasteiger partial charge is 0.0551 e. The molecule has 1 nitrogen and oxygen atoms in total. The van der Waals surface area contributed by atoms with Gasteiger partial charge in [-0.1, -0.05) is 31.0 Å². The van der Waals surface area contributed by atoms with Crippen LogP contribution in [0.25, 0.3) is 0 Å². The maximum Gasteiger partial charge on any atom is 0.0551 e. The predicted molar refractivity (Wildman–Crippen MR) is 89.1 cm³/mol. The molecule has 4 atom stereocenters. The number of hydrogen-bond acceptors (Lipinski definition) is 1. The van der Waals surface area contributed by atoms with Crippen molar-refractivity contribution in [2.75, 3.05) is 6.54 Å². The molecule has 2 aliphatic rings. The first kappa shape index (κ1) is 14.9. The Bertz CT molecular complexity index is 476. The van der Waals surface area contributed by atoms with Gasteiger partial charge in [-0.2, -0.15) is 0 Å². The SMILES string of the molecule is CCNC(CC1CC2CCC1C2)c1ccc(Br)c(Cl)c1. The van der Waals surface area contributed by atoms with Crippen LogP contribution in [-0.4, -0.2) is 6.54 Å². The van der Waals surface area contributed by atoms with E-state index in [1.807, 2.05) is 0 Å².